The summed E-state index contributed by atoms with van der Waals surface area (Å²) in [4.78, 5) is 0. The molecule has 0 saturated heterocycles. The van der Waals surface area contributed by atoms with Crippen LogP contribution in [0.1, 0.15) is 7.43 Å². The van der Waals surface area contributed by atoms with Crippen LogP contribution < -0.4 is 0 Å². The molecule has 0 unspecified atom stereocenters. The molecule has 0 spiro atoms. The zero-order chi connectivity index (χ0) is 6.08. The average Bonchev–Trinajstić information content (AvgIpc) is 1.31. The Hall–Kier alpha value is -0.0900. The van der Waals surface area contributed by atoms with E-state index in [0.717, 1.165) is 10.6 Å². The van der Waals surface area contributed by atoms with Gasteiger partial charge in [0.2, 0.25) is 10.0 Å². The van der Waals surface area contributed by atoms with Crippen molar-refractivity contribution in [2.75, 3.05) is 20.4 Å². The first kappa shape index (κ1) is 10.8. The fourth-order valence-electron chi connectivity index (χ4n) is 0. The highest BCUT2D eigenvalue weighted by atomic mass is 32.2. The lowest BCUT2D eigenvalue weighted by Crippen LogP contribution is -2.19. The topological polar surface area (TPSA) is 37.4 Å². The molecule has 52 valence electrons. The van der Waals surface area contributed by atoms with Crippen molar-refractivity contribution >= 4 is 10.0 Å². The van der Waals surface area contributed by atoms with Crippen LogP contribution >= 0.6 is 0 Å². The van der Waals surface area contributed by atoms with Crippen molar-refractivity contribution in [3.63, 3.8) is 0 Å². The van der Waals surface area contributed by atoms with Crippen LogP contribution in [-0.2, 0) is 10.0 Å². The third kappa shape index (κ3) is 4.08. The highest BCUT2D eigenvalue weighted by Crippen LogP contribution is 1.82. The van der Waals surface area contributed by atoms with Gasteiger partial charge < -0.3 is 0 Å². The molecule has 0 atom stereocenters. The molecule has 4 heteroatoms. The summed E-state index contributed by atoms with van der Waals surface area (Å²) in [6.07, 6.45) is 1.16. The van der Waals surface area contributed by atoms with E-state index in [1.54, 1.807) is 0 Å². The van der Waals surface area contributed by atoms with E-state index < -0.39 is 10.0 Å². The van der Waals surface area contributed by atoms with Crippen LogP contribution in [0.3, 0.4) is 0 Å². The number of nitrogens with zero attached hydrogens (tertiary/aromatic N) is 1. The number of hydrogen-bond acceptors (Lipinski definition) is 2. The summed E-state index contributed by atoms with van der Waals surface area (Å²) in [6, 6.07) is 0. The smallest absolute Gasteiger partial charge is 0.210 e. The fourth-order valence-corrected chi connectivity index (χ4v) is 0. The van der Waals surface area contributed by atoms with Gasteiger partial charge in [-0.25, -0.2) is 12.7 Å². The lowest BCUT2D eigenvalue weighted by Gasteiger charge is -2.02. The summed E-state index contributed by atoms with van der Waals surface area (Å²) >= 11 is 0. The quantitative estimate of drug-likeness (QED) is 0.518. The molecule has 0 aromatic heterocycles. The molecule has 0 aliphatic heterocycles. The minimum Gasteiger partial charge on any atom is -0.213 e. The maximum absolute atomic E-state index is 10.3. The Bertz CT molecular complexity index is 136. The Morgan fingerprint density at radius 1 is 1.25 bits per heavy atom. The standard InChI is InChI=1S/C3H9NO2S.CH4/c1-4(2)7(3,5)6;/h1-3H3;1H4. The average molecular weight is 139 g/mol. The van der Waals surface area contributed by atoms with Crippen molar-refractivity contribution in [3.05, 3.63) is 0 Å². The molecule has 0 saturated carbocycles. The summed E-state index contributed by atoms with van der Waals surface area (Å²) in [5.41, 5.74) is 0. The van der Waals surface area contributed by atoms with Crippen LogP contribution in [0.2, 0.25) is 0 Å². The minimum absolute atomic E-state index is 0. The molecule has 8 heavy (non-hydrogen) atoms. The van der Waals surface area contributed by atoms with Gasteiger partial charge in [-0.2, -0.15) is 0 Å². The molecule has 0 aromatic carbocycles. The number of hydrogen-bond donors (Lipinski definition) is 0. The second kappa shape index (κ2) is 3.04. The summed E-state index contributed by atoms with van der Waals surface area (Å²) in [5.74, 6) is 0. The largest absolute Gasteiger partial charge is 0.213 e. The predicted octanol–water partition coefficient (Wildman–Crippen LogP) is 0.144. The van der Waals surface area contributed by atoms with E-state index in [1.807, 2.05) is 0 Å². The Labute approximate surface area is 51.4 Å². The molecule has 0 aromatic rings. The monoisotopic (exact) mass is 139 g/mol. The minimum atomic E-state index is -2.91. The van der Waals surface area contributed by atoms with Crippen LogP contribution in [0.15, 0.2) is 0 Å². The Kier molecular flexibility index (Phi) is 4.11. The van der Waals surface area contributed by atoms with Gasteiger partial charge in [-0.3, -0.25) is 0 Å². The molecule has 0 N–H and O–H groups in total. The molecule has 0 fully saturated rings. The lowest BCUT2D eigenvalue weighted by atomic mass is 11.3. The van der Waals surface area contributed by atoms with Crippen molar-refractivity contribution in [2.45, 2.75) is 7.43 Å². The molecule has 0 amide bonds. The molecule has 0 aliphatic rings. The summed E-state index contributed by atoms with van der Waals surface area (Å²) in [5, 5.41) is 0. The van der Waals surface area contributed by atoms with E-state index in [0.29, 0.717) is 0 Å². The van der Waals surface area contributed by atoms with Gasteiger partial charge in [-0.15, -0.1) is 0 Å². The molecule has 3 nitrogen and oxygen atoms in total. The number of sulfonamides is 1. The zero-order valence-electron chi connectivity index (χ0n) is 4.67. The maximum Gasteiger partial charge on any atom is 0.210 e. The van der Waals surface area contributed by atoms with Crippen LogP contribution in [0.4, 0.5) is 0 Å². The van der Waals surface area contributed by atoms with Crippen molar-refractivity contribution in [1.82, 2.24) is 4.31 Å². The normalized spacial score (nSPS) is 11.0. The predicted molar refractivity (Wildman–Crippen MR) is 35.3 cm³/mol. The van der Waals surface area contributed by atoms with Crippen LogP contribution in [0.25, 0.3) is 0 Å². The first-order chi connectivity index (χ1) is 2.94. The van der Waals surface area contributed by atoms with Gasteiger partial charge in [0, 0.05) is 14.1 Å². The molecular formula is C4H13NO2S. The summed E-state index contributed by atoms with van der Waals surface area (Å²) in [6.45, 7) is 0. The Morgan fingerprint density at radius 3 is 1.38 bits per heavy atom. The van der Waals surface area contributed by atoms with E-state index in [1.165, 1.54) is 14.1 Å². The van der Waals surface area contributed by atoms with Gasteiger partial charge in [0.05, 0.1) is 6.26 Å². The molecule has 0 radical (unpaired) electrons. The van der Waals surface area contributed by atoms with Gasteiger partial charge in [0.1, 0.15) is 0 Å². The second-order valence-electron chi connectivity index (χ2n) is 1.55. The SMILES string of the molecule is C.CN(C)S(C)(=O)=O. The molecular weight excluding hydrogens is 126 g/mol. The Morgan fingerprint density at radius 2 is 1.38 bits per heavy atom. The van der Waals surface area contributed by atoms with Gasteiger partial charge in [0.15, 0.2) is 0 Å². The van der Waals surface area contributed by atoms with Gasteiger partial charge in [0.25, 0.3) is 0 Å². The van der Waals surface area contributed by atoms with Crippen molar-refractivity contribution < 1.29 is 8.42 Å². The third-order valence-corrected chi connectivity index (χ3v) is 1.99. The van der Waals surface area contributed by atoms with Gasteiger partial charge in [-0.1, -0.05) is 7.43 Å². The molecule has 0 rings (SSSR count). The fraction of sp³-hybridized carbons (Fsp3) is 1.00. The van der Waals surface area contributed by atoms with Crippen molar-refractivity contribution in [1.29, 1.82) is 0 Å². The summed E-state index contributed by atoms with van der Waals surface area (Å²) in [7, 11) is 0.0833. The van der Waals surface area contributed by atoms with Crippen molar-refractivity contribution in [2.24, 2.45) is 0 Å². The van der Waals surface area contributed by atoms with Crippen LogP contribution in [0.5, 0.6) is 0 Å². The lowest BCUT2D eigenvalue weighted by molar-refractivity contribution is 0.527. The van der Waals surface area contributed by atoms with E-state index in [4.69, 9.17) is 0 Å². The zero-order valence-corrected chi connectivity index (χ0v) is 5.49. The first-order valence-electron chi connectivity index (χ1n) is 1.82. The molecule has 0 heterocycles. The first-order valence-corrected chi connectivity index (χ1v) is 3.67. The van der Waals surface area contributed by atoms with Crippen LogP contribution in [0, 0.1) is 0 Å². The van der Waals surface area contributed by atoms with Crippen LogP contribution in [-0.4, -0.2) is 33.1 Å². The van der Waals surface area contributed by atoms with E-state index in [-0.39, 0.29) is 7.43 Å². The number of rotatable bonds is 1. The van der Waals surface area contributed by atoms with Gasteiger partial charge >= 0.3 is 0 Å². The highest BCUT2D eigenvalue weighted by molar-refractivity contribution is 7.88. The molecule has 0 aliphatic carbocycles. The molecule has 0 bridgehead atoms. The highest BCUT2D eigenvalue weighted by Gasteiger charge is 2.00. The van der Waals surface area contributed by atoms with E-state index in [9.17, 15) is 8.42 Å². The van der Waals surface area contributed by atoms with E-state index >= 15 is 0 Å². The second-order valence-corrected chi connectivity index (χ2v) is 3.74. The summed E-state index contributed by atoms with van der Waals surface area (Å²) < 4.78 is 21.7. The Balaban J connectivity index is 0. The van der Waals surface area contributed by atoms with Gasteiger partial charge in [-0.05, 0) is 0 Å². The maximum atomic E-state index is 10.3. The van der Waals surface area contributed by atoms with E-state index in [2.05, 4.69) is 0 Å². The van der Waals surface area contributed by atoms with Crippen molar-refractivity contribution in [3.8, 4) is 0 Å². The third-order valence-electron chi connectivity index (χ3n) is 0.663.